The second-order valence-corrected chi connectivity index (χ2v) is 28.8. The number of halogens is 1. The lowest BCUT2D eigenvalue weighted by molar-refractivity contribution is 0.0497. The van der Waals surface area contributed by atoms with Crippen LogP contribution in [0.15, 0.2) is 60.9 Å². The largest absolute Gasteiger partial charge is 0.444 e. The normalized spacial score (nSPS) is 19.2. The van der Waals surface area contributed by atoms with E-state index in [1.54, 1.807) is 55.2 Å². The quantitative estimate of drug-likeness (QED) is 0.0757. The van der Waals surface area contributed by atoms with E-state index in [9.17, 15) is 36.0 Å². The number of carbonyl (C=O) groups excluding carboxylic acids is 4. The Morgan fingerprint density at radius 2 is 1.08 bits per heavy atom. The molecule has 4 saturated heterocycles. The maximum Gasteiger partial charge on any atom is 0.407 e. The molecule has 0 unspecified atom stereocenters. The van der Waals surface area contributed by atoms with Crippen LogP contribution in [0.1, 0.15) is 159 Å². The fourth-order valence-electron chi connectivity index (χ4n) is 11.0. The van der Waals surface area contributed by atoms with Crippen molar-refractivity contribution in [3.05, 3.63) is 111 Å². The number of amides is 4. The van der Waals surface area contributed by atoms with Gasteiger partial charge in [-0.05, 0) is 151 Å². The van der Waals surface area contributed by atoms with Crippen molar-refractivity contribution < 1.29 is 45.5 Å². The van der Waals surface area contributed by atoms with Crippen LogP contribution in [0.4, 0.5) is 26.8 Å². The van der Waals surface area contributed by atoms with Crippen molar-refractivity contribution in [1.82, 2.24) is 54.9 Å². The summed E-state index contributed by atoms with van der Waals surface area (Å²) < 4.78 is 66.6. The zero-order valence-electron chi connectivity index (χ0n) is 51.8. The lowest BCUT2D eigenvalue weighted by Gasteiger charge is -2.35. The number of likely N-dealkylation sites (tertiary alicyclic amines) is 2. The molecular formula is C60H83ClN14O10S2. The Kier molecular flexibility index (Phi) is 20.4. The molecule has 27 heteroatoms. The highest BCUT2D eigenvalue weighted by molar-refractivity contribution is 7.92. The van der Waals surface area contributed by atoms with E-state index < -0.39 is 37.3 Å². The van der Waals surface area contributed by atoms with Gasteiger partial charge >= 0.3 is 12.2 Å². The fraction of sp³-hybridized carbons (Fsp3) is 0.533. The molecule has 24 nitrogen and oxygen atoms in total. The smallest absolute Gasteiger partial charge is 0.407 e. The van der Waals surface area contributed by atoms with Crippen LogP contribution in [0.5, 0.6) is 0 Å². The SMILES string of the molecule is CC(C)(C)OC(=O)N[C@H]1CCNC1.Cc1ccc(NS(C)(=O)=O)c(C(=O)N2CCCC[C@H]2c2cc3nc(Cl)c(C)cn3n2)c1.Cc1ccc(NS(C)(=O)=O)c(C(=O)N2CCCC[C@H]2c2cc3nc(N4CC[C@H](NC(=O)OC(C)(C)C)C4)c(C)cn3n2)c1. The molecular weight excluding hydrogens is 1180 g/mol. The number of aromatic nitrogens is 6. The first-order valence-corrected chi connectivity index (χ1v) is 33.6. The number of aryl methyl sites for hydroxylation is 4. The number of hydrogen-bond acceptors (Lipinski definition) is 16. The van der Waals surface area contributed by atoms with Crippen molar-refractivity contribution in [2.75, 3.05) is 66.1 Å². The Bertz CT molecular complexity index is 3700. The number of benzene rings is 2. The summed E-state index contributed by atoms with van der Waals surface area (Å²) in [6, 6.07) is 13.7. The van der Waals surface area contributed by atoms with Crippen LogP contribution in [0.2, 0.25) is 5.15 Å². The second-order valence-electron chi connectivity index (χ2n) is 25.0. The van der Waals surface area contributed by atoms with Crippen molar-refractivity contribution in [3.8, 4) is 0 Å². The van der Waals surface area contributed by atoms with Gasteiger partial charge in [-0.3, -0.25) is 19.0 Å². The first kappa shape index (κ1) is 65.7. The number of nitrogens with zero attached hydrogens (tertiary/aromatic N) is 9. The molecule has 0 saturated carbocycles. The third kappa shape index (κ3) is 17.9. The molecule has 2 aromatic carbocycles. The molecule has 4 amide bonds. The predicted octanol–water partition coefficient (Wildman–Crippen LogP) is 8.80. The van der Waals surface area contributed by atoms with Gasteiger partial charge in [0.15, 0.2) is 11.3 Å². The summed E-state index contributed by atoms with van der Waals surface area (Å²) in [5.74, 6) is 0.376. The number of fused-ring (bicyclic) bond motifs is 2. The number of alkyl carbamates (subject to hydrolysis) is 2. The Labute approximate surface area is 515 Å². The Balaban J connectivity index is 0.000000193. The highest BCUT2D eigenvalue weighted by Crippen LogP contribution is 2.36. The Morgan fingerprint density at radius 1 is 0.609 bits per heavy atom. The Morgan fingerprint density at radius 3 is 1.54 bits per heavy atom. The molecule has 8 heterocycles. The predicted molar refractivity (Wildman–Crippen MR) is 336 cm³/mol. The van der Waals surface area contributed by atoms with Gasteiger partial charge in [-0.15, -0.1) is 0 Å². The molecule has 10 rings (SSSR count). The van der Waals surface area contributed by atoms with Crippen molar-refractivity contribution in [3.63, 3.8) is 0 Å². The average Bonchev–Trinajstić information content (AvgIpc) is 1.87. The monoisotopic (exact) mass is 1260 g/mol. The van der Waals surface area contributed by atoms with Gasteiger partial charge in [-0.1, -0.05) is 34.9 Å². The van der Waals surface area contributed by atoms with E-state index in [-0.39, 0.29) is 53.4 Å². The number of piperidine rings is 2. The van der Waals surface area contributed by atoms with Crippen LogP contribution in [-0.2, 0) is 29.5 Å². The topological polar surface area (TPSA) is 285 Å². The van der Waals surface area contributed by atoms with Crippen molar-refractivity contribution in [2.45, 2.75) is 156 Å². The number of carbonyl (C=O) groups is 4. The first-order chi connectivity index (χ1) is 40.8. The van der Waals surface area contributed by atoms with Crippen LogP contribution >= 0.6 is 11.6 Å². The zero-order valence-corrected chi connectivity index (χ0v) is 54.2. The molecule has 5 N–H and O–H groups in total. The summed E-state index contributed by atoms with van der Waals surface area (Å²) in [7, 11) is -7.09. The van der Waals surface area contributed by atoms with Crippen LogP contribution in [0.3, 0.4) is 0 Å². The number of sulfonamides is 2. The van der Waals surface area contributed by atoms with Gasteiger partial charge < -0.3 is 40.1 Å². The standard InChI is InChI=1S/C30H41N7O5S.C21H24ClN5O3S.C9H18N2O2/c1-19-10-11-23(34-43(6,40)41)22(15-19)28(38)36-13-8-7-9-25(36)24-16-26-32-27(20(2)17-37(26)33-24)35-14-12-21(18-35)31-29(39)42-30(3,4)5;1-13-7-8-16(25-31(3,29)30)15(10-13)21(28)26-9-5-4-6-18(26)17-11-19-23-20(22)14(2)12-27(19)24-17;1-9(2,3)13-8(12)11-7-4-5-10-6-7/h10-11,15-17,21,25,34H,7-9,12-14,18H2,1-6H3,(H,31,39);7-8,10-12,18,25H,4-6,9H2,1-3H3;7,10H,4-6H2,1-3H3,(H,11,12)/t21-,25-;18-;7-/m000/s1. The van der Waals surface area contributed by atoms with E-state index >= 15 is 0 Å². The highest BCUT2D eigenvalue weighted by atomic mass is 35.5. The van der Waals surface area contributed by atoms with Crippen molar-refractivity contribution in [1.29, 1.82) is 0 Å². The van der Waals surface area contributed by atoms with Crippen LogP contribution < -0.4 is 30.3 Å². The van der Waals surface area contributed by atoms with E-state index in [2.05, 4.69) is 40.4 Å². The van der Waals surface area contributed by atoms with Crippen LogP contribution in [0, 0.1) is 27.7 Å². The molecule has 0 radical (unpaired) electrons. The minimum Gasteiger partial charge on any atom is -0.444 e. The maximum atomic E-state index is 13.9. The highest BCUT2D eigenvalue weighted by Gasteiger charge is 2.35. The number of hydrogen-bond donors (Lipinski definition) is 5. The fourth-order valence-corrected chi connectivity index (χ4v) is 12.3. The molecule has 4 aliphatic heterocycles. The molecule has 6 aromatic rings. The van der Waals surface area contributed by atoms with Gasteiger partial charge in [0.25, 0.3) is 11.8 Å². The van der Waals surface area contributed by atoms with E-state index in [4.69, 9.17) is 31.2 Å². The van der Waals surface area contributed by atoms with Crippen LogP contribution in [-0.4, -0.2) is 155 Å². The Hall–Kier alpha value is -7.29. The summed E-state index contributed by atoms with van der Waals surface area (Å²) in [6.45, 7) is 23.0. The summed E-state index contributed by atoms with van der Waals surface area (Å²) in [5, 5.41) is 18.9. The first-order valence-electron chi connectivity index (χ1n) is 29.4. The lowest BCUT2D eigenvalue weighted by atomic mass is 9.97. The van der Waals surface area contributed by atoms with Gasteiger partial charge in [0.05, 0.1) is 64.5 Å². The van der Waals surface area contributed by atoms with Gasteiger partial charge in [-0.2, -0.15) is 10.2 Å². The molecule has 472 valence electrons. The minimum atomic E-state index is -3.57. The van der Waals surface area contributed by atoms with Gasteiger partial charge in [0.2, 0.25) is 20.0 Å². The van der Waals surface area contributed by atoms with E-state index in [0.29, 0.717) is 47.2 Å². The summed E-state index contributed by atoms with van der Waals surface area (Å²) in [6.07, 6.45) is 12.1. The summed E-state index contributed by atoms with van der Waals surface area (Å²) in [4.78, 5) is 66.1. The summed E-state index contributed by atoms with van der Waals surface area (Å²) >= 11 is 6.15. The van der Waals surface area contributed by atoms with Gasteiger partial charge in [0, 0.05) is 74.4 Å². The molecule has 87 heavy (non-hydrogen) atoms. The molecule has 0 aliphatic carbocycles. The van der Waals surface area contributed by atoms with Gasteiger partial charge in [-0.25, -0.2) is 45.4 Å². The van der Waals surface area contributed by atoms with E-state index in [0.717, 1.165) is 123 Å². The third-order valence-electron chi connectivity index (χ3n) is 14.8. The number of ether oxygens (including phenoxy) is 2. The lowest BCUT2D eigenvalue weighted by Crippen LogP contribution is -2.40. The van der Waals surface area contributed by atoms with Crippen molar-refractivity contribution >= 4 is 84.1 Å². The number of anilines is 3. The van der Waals surface area contributed by atoms with E-state index in [1.165, 1.54) is 0 Å². The zero-order chi connectivity index (χ0) is 63.3. The minimum absolute atomic E-state index is 0.0433. The molecule has 4 aliphatic rings. The summed E-state index contributed by atoms with van der Waals surface area (Å²) in [5.41, 5.74) is 6.52. The molecule has 4 aromatic heterocycles. The third-order valence-corrected chi connectivity index (χ3v) is 16.4. The maximum absolute atomic E-state index is 13.9. The average molecular weight is 1260 g/mol. The molecule has 4 atom stereocenters. The van der Waals surface area contributed by atoms with E-state index in [1.807, 2.05) is 93.8 Å². The van der Waals surface area contributed by atoms with Gasteiger partial charge in [0.1, 0.15) is 22.2 Å². The molecule has 0 spiro atoms. The molecule has 0 bridgehead atoms. The van der Waals surface area contributed by atoms with Crippen molar-refractivity contribution in [2.24, 2.45) is 0 Å². The number of nitrogens with one attached hydrogen (secondary N) is 5. The van der Waals surface area contributed by atoms with Crippen LogP contribution in [0.25, 0.3) is 11.3 Å². The number of rotatable bonds is 11. The second kappa shape index (κ2) is 27.0. The molecule has 4 fully saturated rings.